The van der Waals surface area contributed by atoms with Gasteiger partial charge in [-0.1, -0.05) is 38.0 Å². The van der Waals surface area contributed by atoms with E-state index < -0.39 is 7.82 Å². The van der Waals surface area contributed by atoms with Gasteiger partial charge in [0.05, 0.1) is 6.61 Å². The van der Waals surface area contributed by atoms with Crippen LogP contribution in [0.3, 0.4) is 0 Å². The fourth-order valence-corrected chi connectivity index (χ4v) is 5.68. The largest absolute Gasteiger partial charge is 0.469 e. The molecule has 2 aromatic rings. The molecular formula is C22H32NO4PS. The summed E-state index contributed by atoms with van der Waals surface area (Å²) >= 11 is 1.98. The second-order valence-electron chi connectivity index (χ2n) is 7.82. The van der Waals surface area contributed by atoms with E-state index in [0.29, 0.717) is 13.0 Å². The first-order chi connectivity index (χ1) is 13.9. The number of phosphoric ester groups is 1. The molecule has 160 valence electrons. The second-order valence-corrected chi connectivity index (χ2v) is 10.3. The summed E-state index contributed by atoms with van der Waals surface area (Å²) in [7, 11) is -4.39. The van der Waals surface area contributed by atoms with Crippen LogP contribution in [0.15, 0.2) is 24.3 Å². The Kier molecular flexibility index (Phi) is 8.08. The third kappa shape index (κ3) is 6.24. The Morgan fingerprint density at radius 2 is 2.00 bits per heavy atom. The first kappa shape index (κ1) is 22.7. The molecule has 3 rings (SSSR count). The summed E-state index contributed by atoms with van der Waals surface area (Å²) in [6.07, 6.45) is 8.49. The van der Waals surface area contributed by atoms with Gasteiger partial charge in [0.25, 0.3) is 0 Å². The monoisotopic (exact) mass is 437 g/mol. The molecule has 1 aliphatic rings. The second kappa shape index (κ2) is 10.3. The lowest BCUT2D eigenvalue weighted by Gasteiger charge is -2.21. The molecular weight excluding hydrogens is 405 g/mol. The zero-order chi connectivity index (χ0) is 20.9. The van der Waals surface area contributed by atoms with Crippen molar-refractivity contribution >= 4 is 19.2 Å². The van der Waals surface area contributed by atoms with Crippen LogP contribution in [-0.2, 0) is 28.4 Å². The highest BCUT2D eigenvalue weighted by Gasteiger charge is 2.21. The van der Waals surface area contributed by atoms with Crippen LogP contribution >= 0.6 is 19.2 Å². The average Bonchev–Trinajstić information content (AvgIpc) is 3.10. The van der Waals surface area contributed by atoms with E-state index in [1.165, 1.54) is 57.7 Å². The van der Waals surface area contributed by atoms with Gasteiger partial charge >= 0.3 is 7.82 Å². The third-order valence-electron chi connectivity index (χ3n) is 5.64. The molecule has 0 aliphatic heterocycles. The van der Waals surface area contributed by atoms with E-state index >= 15 is 0 Å². The molecule has 0 saturated heterocycles. The van der Waals surface area contributed by atoms with E-state index in [1.54, 1.807) is 0 Å². The van der Waals surface area contributed by atoms with Gasteiger partial charge < -0.3 is 15.5 Å². The van der Waals surface area contributed by atoms with E-state index in [0.717, 1.165) is 19.3 Å². The van der Waals surface area contributed by atoms with Crippen molar-refractivity contribution in [3.63, 3.8) is 0 Å². The molecule has 29 heavy (non-hydrogen) atoms. The van der Waals surface area contributed by atoms with Crippen molar-refractivity contribution in [2.45, 2.75) is 64.2 Å². The molecule has 1 atom stereocenters. The predicted octanol–water partition coefficient (Wildman–Crippen LogP) is 5.18. The summed E-state index contributed by atoms with van der Waals surface area (Å²) in [6, 6.07) is 9.09. The van der Waals surface area contributed by atoms with Gasteiger partial charge in [0, 0.05) is 9.75 Å². The van der Waals surface area contributed by atoms with Crippen LogP contribution < -0.4 is 5.73 Å². The number of fused-ring (bicyclic) bond motifs is 3. The fraction of sp³-hybridized carbons (Fsp3) is 0.545. The molecule has 1 aromatic heterocycles. The van der Waals surface area contributed by atoms with E-state index in [-0.39, 0.29) is 12.5 Å². The Hall–Kier alpha value is -1.01. The van der Waals surface area contributed by atoms with Crippen molar-refractivity contribution in [2.75, 3.05) is 13.2 Å². The molecule has 0 radical (unpaired) electrons. The highest BCUT2D eigenvalue weighted by atomic mass is 32.1. The summed E-state index contributed by atoms with van der Waals surface area (Å²) in [5.41, 5.74) is 11.4. The molecule has 0 spiro atoms. The Morgan fingerprint density at radius 1 is 1.17 bits per heavy atom. The Labute approximate surface area is 177 Å². The molecule has 4 N–H and O–H groups in total. The van der Waals surface area contributed by atoms with Gasteiger partial charge in [0.15, 0.2) is 0 Å². The zero-order valence-electron chi connectivity index (χ0n) is 17.1. The van der Waals surface area contributed by atoms with Gasteiger partial charge in [-0.25, -0.2) is 4.57 Å². The quantitative estimate of drug-likeness (QED) is 0.333. The van der Waals surface area contributed by atoms with Crippen molar-refractivity contribution in [2.24, 2.45) is 5.73 Å². The van der Waals surface area contributed by atoms with E-state index in [2.05, 4.69) is 35.7 Å². The first-order valence-corrected chi connectivity index (χ1v) is 12.9. The van der Waals surface area contributed by atoms with Crippen LogP contribution in [0.1, 0.15) is 65.8 Å². The minimum atomic E-state index is -4.39. The van der Waals surface area contributed by atoms with Crippen molar-refractivity contribution in [3.8, 4) is 11.1 Å². The molecule has 5 nitrogen and oxygen atoms in total. The summed E-state index contributed by atoms with van der Waals surface area (Å²) in [4.78, 5) is 20.6. The number of phosphoric acid groups is 1. The number of unbranched alkanes of at least 4 members (excludes halogenated alkanes) is 2. The van der Waals surface area contributed by atoms with Gasteiger partial charge in [-0.15, -0.1) is 11.3 Å². The molecule has 1 heterocycles. The maximum Gasteiger partial charge on any atom is 0.469 e. The molecule has 1 aliphatic carbocycles. The maximum atomic E-state index is 10.8. The van der Waals surface area contributed by atoms with Crippen molar-refractivity contribution in [1.82, 2.24) is 0 Å². The highest BCUT2D eigenvalue weighted by molar-refractivity contribution is 7.46. The zero-order valence-corrected chi connectivity index (χ0v) is 18.8. The Balaban J connectivity index is 1.68. The van der Waals surface area contributed by atoms with Crippen molar-refractivity contribution in [1.29, 1.82) is 0 Å². The lowest BCUT2D eigenvalue weighted by atomic mass is 9.85. The summed E-state index contributed by atoms with van der Waals surface area (Å²) in [6.45, 7) is 2.80. The Morgan fingerprint density at radius 3 is 2.72 bits per heavy atom. The van der Waals surface area contributed by atoms with Gasteiger partial charge in [-0.2, -0.15) is 0 Å². The van der Waals surface area contributed by atoms with Gasteiger partial charge in [0.2, 0.25) is 0 Å². The number of hydrogen-bond acceptors (Lipinski definition) is 4. The average molecular weight is 438 g/mol. The van der Waals surface area contributed by atoms with Gasteiger partial charge in [0.1, 0.15) is 0 Å². The first-order valence-electron chi connectivity index (χ1n) is 10.6. The number of hydrogen-bond donors (Lipinski definition) is 3. The van der Waals surface area contributed by atoms with Gasteiger partial charge in [-0.3, -0.25) is 4.52 Å². The molecule has 0 saturated carbocycles. The fourth-order valence-electron chi connectivity index (χ4n) is 4.09. The maximum absolute atomic E-state index is 10.8. The standard InChI is InChI=1S/C22H32NO4PS/c1-2-3-4-7-19-14-21-20-10-8-16(13-17(20)9-11-22(21)29-19)18(15-23)6-5-12-27-28(24,25)26/h8,10,13-14,18H,2-7,9,11-12,15,23H2,1H3,(H2,24,25,26)/t18-/m0/s1. The highest BCUT2D eigenvalue weighted by Crippen LogP contribution is 2.41. The molecule has 7 heteroatoms. The van der Waals surface area contributed by atoms with Crippen LogP contribution in [-0.4, -0.2) is 22.9 Å². The normalized spacial score (nSPS) is 14.5. The third-order valence-corrected chi connectivity index (χ3v) is 7.41. The van der Waals surface area contributed by atoms with E-state index in [1.807, 2.05) is 11.3 Å². The van der Waals surface area contributed by atoms with Crippen LogP contribution in [0.5, 0.6) is 0 Å². The van der Waals surface area contributed by atoms with Crippen LogP contribution in [0.25, 0.3) is 11.1 Å². The number of benzene rings is 1. The molecule has 0 amide bonds. The number of aryl methyl sites for hydroxylation is 3. The lowest BCUT2D eigenvalue weighted by molar-refractivity contribution is 0.192. The summed E-state index contributed by atoms with van der Waals surface area (Å²) in [5, 5.41) is 0. The van der Waals surface area contributed by atoms with Crippen molar-refractivity contribution in [3.05, 3.63) is 45.1 Å². The van der Waals surface area contributed by atoms with Crippen LogP contribution in [0, 0.1) is 0 Å². The predicted molar refractivity (Wildman–Crippen MR) is 119 cm³/mol. The molecule has 0 fully saturated rings. The van der Waals surface area contributed by atoms with E-state index in [9.17, 15) is 4.57 Å². The molecule has 0 bridgehead atoms. The van der Waals surface area contributed by atoms with Crippen LogP contribution in [0.2, 0.25) is 0 Å². The minimum absolute atomic E-state index is 0.0464. The minimum Gasteiger partial charge on any atom is -0.330 e. The molecule has 1 aromatic carbocycles. The van der Waals surface area contributed by atoms with E-state index in [4.69, 9.17) is 15.5 Å². The number of rotatable bonds is 11. The number of thiophene rings is 1. The lowest BCUT2D eigenvalue weighted by Crippen LogP contribution is -2.14. The van der Waals surface area contributed by atoms with Crippen LogP contribution in [0.4, 0.5) is 0 Å². The topological polar surface area (TPSA) is 92.8 Å². The molecule has 0 unspecified atom stereocenters. The Bertz CT molecular complexity index is 860. The SMILES string of the molecule is CCCCCc1cc2c(s1)CCc1cc([C@H](CN)CCCOP(=O)(O)O)ccc1-2. The number of nitrogens with two attached hydrogens (primary N) is 1. The summed E-state index contributed by atoms with van der Waals surface area (Å²) < 4.78 is 15.4. The smallest absolute Gasteiger partial charge is 0.330 e. The van der Waals surface area contributed by atoms with Crippen molar-refractivity contribution < 1.29 is 18.9 Å². The van der Waals surface area contributed by atoms with Gasteiger partial charge in [-0.05, 0) is 79.3 Å². The summed E-state index contributed by atoms with van der Waals surface area (Å²) in [5.74, 6) is 0.175.